The van der Waals surface area contributed by atoms with Crippen molar-refractivity contribution in [3.63, 3.8) is 0 Å². The summed E-state index contributed by atoms with van der Waals surface area (Å²) in [6.07, 6.45) is 1.63. The second-order valence-electron chi connectivity index (χ2n) is 2.27. The van der Waals surface area contributed by atoms with Gasteiger partial charge in [-0.15, -0.1) is 12.4 Å². The number of aromatic amines is 1. The Kier molecular flexibility index (Phi) is 3.85. The van der Waals surface area contributed by atoms with Crippen LogP contribution in [0.25, 0.3) is 0 Å². The first-order valence-electron chi connectivity index (χ1n) is 3.14. The van der Waals surface area contributed by atoms with Gasteiger partial charge in [0, 0.05) is 18.3 Å². The average molecular weight is 175 g/mol. The summed E-state index contributed by atoms with van der Waals surface area (Å²) in [5.74, 6) is 0. The van der Waals surface area contributed by atoms with Crippen molar-refractivity contribution in [2.45, 2.75) is 13.0 Å². The number of pyridine rings is 1. The fourth-order valence-electron chi connectivity index (χ4n) is 0.706. The van der Waals surface area contributed by atoms with E-state index in [2.05, 4.69) is 4.98 Å². The molecule has 11 heavy (non-hydrogen) atoms. The van der Waals surface area contributed by atoms with E-state index in [4.69, 9.17) is 5.73 Å². The summed E-state index contributed by atoms with van der Waals surface area (Å²) in [6.45, 7) is 1.87. The molecule has 3 nitrogen and oxygen atoms in total. The molecule has 1 aromatic heterocycles. The lowest BCUT2D eigenvalue weighted by Gasteiger charge is -2.01. The van der Waals surface area contributed by atoms with Crippen LogP contribution in [-0.4, -0.2) is 4.98 Å². The molecule has 0 aromatic carbocycles. The number of H-pyrrole nitrogens is 1. The Bertz CT molecular complexity index is 249. The lowest BCUT2D eigenvalue weighted by atomic mass is 10.2. The van der Waals surface area contributed by atoms with E-state index in [9.17, 15) is 4.79 Å². The van der Waals surface area contributed by atoms with Crippen LogP contribution in [0.1, 0.15) is 18.5 Å². The number of hydrogen-bond acceptors (Lipinski definition) is 2. The molecule has 1 heterocycles. The van der Waals surface area contributed by atoms with E-state index in [0.29, 0.717) is 0 Å². The maximum Gasteiger partial charge on any atom is 0.247 e. The van der Waals surface area contributed by atoms with Gasteiger partial charge in [-0.2, -0.15) is 0 Å². The second-order valence-corrected chi connectivity index (χ2v) is 2.27. The van der Waals surface area contributed by atoms with Gasteiger partial charge >= 0.3 is 0 Å². The van der Waals surface area contributed by atoms with Gasteiger partial charge in [0.15, 0.2) is 0 Å². The minimum atomic E-state index is -0.0931. The summed E-state index contributed by atoms with van der Waals surface area (Å²) in [6, 6.07) is 3.18. The third-order valence-electron chi connectivity index (χ3n) is 1.33. The first-order chi connectivity index (χ1) is 4.70. The van der Waals surface area contributed by atoms with Gasteiger partial charge in [-0.1, -0.05) is 6.07 Å². The molecule has 3 N–H and O–H groups in total. The van der Waals surface area contributed by atoms with Crippen molar-refractivity contribution in [3.05, 3.63) is 34.2 Å². The number of hydrogen-bond donors (Lipinski definition) is 2. The van der Waals surface area contributed by atoms with E-state index in [1.165, 1.54) is 6.07 Å². The summed E-state index contributed by atoms with van der Waals surface area (Å²) in [7, 11) is 0. The molecule has 1 rings (SSSR count). The summed E-state index contributed by atoms with van der Waals surface area (Å²) in [4.78, 5) is 13.1. The zero-order chi connectivity index (χ0) is 7.56. The van der Waals surface area contributed by atoms with Gasteiger partial charge < -0.3 is 10.7 Å². The normalized spacial score (nSPS) is 11.8. The second kappa shape index (κ2) is 4.16. The highest BCUT2D eigenvalue weighted by molar-refractivity contribution is 5.85. The molecule has 0 radical (unpaired) electrons. The molecule has 0 saturated heterocycles. The minimum Gasteiger partial charge on any atom is -0.329 e. The monoisotopic (exact) mass is 174 g/mol. The van der Waals surface area contributed by atoms with Crippen molar-refractivity contribution in [2.24, 2.45) is 5.73 Å². The van der Waals surface area contributed by atoms with Gasteiger partial charge in [0.1, 0.15) is 0 Å². The smallest absolute Gasteiger partial charge is 0.247 e. The number of aromatic nitrogens is 1. The molecule has 0 aliphatic rings. The number of halogens is 1. The topological polar surface area (TPSA) is 58.9 Å². The Morgan fingerprint density at radius 1 is 1.55 bits per heavy atom. The van der Waals surface area contributed by atoms with E-state index < -0.39 is 0 Å². The van der Waals surface area contributed by atoms with Crippen LogP contribution in [0.2, 0.25) is 0 Å². The Morgan fingerprint density at radius 2 is 2.18 bits per heavy atom. The van der Waals surface area contributed by atoms with Crippen LogP contribution in [0.15, 0.2) is 23.1 Å². The quantitative estimate of drug-likeness (QED) is 0.662. The van der Waals surface area contributed by atoms with Crippen molar-refractivity contribution < 1.29 is 0 Å². The lowest BCUT2D eigenvalue weighted by molar-refractivity contribution is 0.810. The van der Waals surface area contributed by atoms with Crippen molar-refractivity contribution in [3.8, 4) is 0 Å². The maximum absolute atomic E-state index is 10.5. The molecule has 0 bridgehead atoms. The van der Waals surface area contributed by atoms with Crippen molar-refractivity contribution in [2.75, 3.05) is 0 Å². The Hall–Kier alpha value is -0.800. The number of rotatable bonds is 1. The lowest BCUT2D eigenvalue weighted by Crippen LogP contribution is -2.09. The van der Waals surface area contributed by atoms with Crippen LogP contribution >= 0.6 is 12.4 Å². The predicted octanol–water partition coefficient (Wildman–Crippen LogP) is 0.816. The SMILES string of the molecule is CC(N)c1ccc(=O)[nH]c1.Cl. The zero-order valence-electron chi connectivity index (χ0n) is 6.20. The van der Waals surface area contributed by atoms with Crippen LogP contribution in [0.3, 0.4) is 0 Å². The van der Waals surface area contributed by atoms with Crippen LogP contribution in [0.5, 0.6) is 0 Å². The standard InChI is InChI=1S/C7H10N2O.ClH/c1-5(8)6-2-3-7(10)9-4-6;/h2-5H,8H2,1H3,(H,9,10);1H. The van der Waals surface area contributed by atoms with Crippen LogP contribution < -0.4 is 11.3 Å². The summed E-state index contributed by atoms with van der Waals surface area (Å²) >= 11 is 0. The minimum absolute atomic E-state index is 0. The summed E-state index contributed by atoms with van der Waals surface area (Å²) in [5.41, 5.74) is 6.39. The molecule has 0 fully saturated rings. The van der Waals surface area contributed by atoms with Gasteiger partial charge in [0.25, 0.3) is 0 Å². The molecule has 0 amide bonds. The van der Waals surface area contributed by atoms with Crippen LogP contribution in [0, 0.1) is 0 Å². The Labute approximate surface area is 71.0 Å². The first kappa shape index (κ1) is 10.2. The van der Waals surface area contributed by atoms with Crippen molar-refractivity contribution in [1.82, 2.24) is 4.98 Å². The van der Waals surface area contributed by atoms with E-state index >= 15 is 0 Å². The van der Waals surface area contributed by atoms with Crippen LogP contribution in [-0.2, 0) is 0 Å². The fraction of sp³-hybridized carbons (Fsp3) is 0.286. The molecular formula is C7H11ClN2O. The molecule has 0 saturated carbocycles. The molecule has 62 valence electrons. The molecule has 4 heteroatoms. The molecular weight excluding hydrogens is 164 g/mol. The van der Waals surface area contributed by atoms with E-state index in [-0.39, 0.29) is 24.0 Å². The van der Waals surface area contributed by atoms with Gasteiger partial charge in [0.2, 0.25) is 5.56 Å². The van der Waals surface area contributed by atoms with Crippen molar-refractivity contribution >= 4 is 12.4 Å². The molecule has 1 unspecified atom stereocenters. The number of nitrogens with two attached hydrogens (primary N) is 1. The summed E-state index contributed by atoms with van der Waals surface area (Å²) < 4.78 is 0. The van der Waals surface area contributed by atoms with Gasteiger partial charge in [-0.3, -0.25) is 4.79 Å². The van der Waals surface area contributed by atoms with Gasteiger partial charge in [0.05, 0.1) is 0 Å². The summed E-state index contributed by atoms with van der Waals surface area (Å²) in [5, 5.41) is 0. The highest BCUT2D eigenvalue weighted by Gasteiger charge is 1.95. The van der Waals surface area contributed by atoms with E-state index in [0.717, 1.165) is 5.56 Å². The number of nitrogens with one attached hydrogen (secondary N) is 1. The largest absolute Gasteiger partial charge is 0.329 e. The third kappa shape index (κ3) is 2.74. The van der Waals surface area contributed by atoms with Crippen LogP contribution in [0.4, 0.5) is 0 Å². The Balaban J connectivity index is 0.000001000. The first-order valence-corrected chi connectivity index (χ1v) is 3.14. The predicted molar refractivity (Wildman–Crippen MR) is 46.9 cm³/mol. The van der Waals surface area contributed by atoms with E-state index in [1.807, 2.05) is 6.92 Å². The maximum atomic E-state index is 10.5. The van der Waals surface area contributed by atoms with E-state index in [1.54, 1.807) is 12.3 Å². The molecule has 0 aliphatic heterocycles. The zero-order valence-corrected chi connectivity index (χ0v) is 7.02. The molecule has 1 aromatic rings. The highest BCUT2D eigenvalue weighted by atomic mass is 35.5. The third-order valence-corrected chi connectivity index (χ3v) is 1.33. The van der Waals surface area contributed by atoms with Gasteiger partial charge in [-0.25, -0.2) is 0 Å². The van der Waals surface area contributed by atoms with Gasteiger partial charge in [-0.05, 0) is 12.5 Å². The molecule has 0 aliphatic carbocycles. The average Bonchev–Trinajstić information content (AvgIpc) is 1.88. The molecule has 0 spiro atoms. The van der Waals surface area contributed by atoms with Crippen molar-refractivity contribution in [1.29, 1.82) is 0 Å². The fourth-order valence-corrected chi connectivity index (χ4v) is 0.706. The highest BCUT2D eigenvalue weighted by Crippen LogP contribution is 2.03. The Morgan fingerprint density at radius 3 is 2.55 bits per heavy atom. The molecule has 1 atom stereocenters.